The fourth-order valence-electron chi connectivity index (χ4n) is 1.91. The van der Waals surface area contributed by atoms with E-state index in [-0.39, 0.29) is 30.1 Å². The molecule has 0 heterocycles. The SMILES string of the molecule is CCCNC(=NCc1ccc(C)cc1OC(C)C)NCC.I. The summed E-state index contributed by atoms with van der Waals surface area (Å²) in [4.78, 5) is 4.63. The maximum absolute atomic E-state index is 5.89. The van der Waals surface area contributed by atoms with Gasteiger partial charge >= 0.3 is 0 Å². The van der Waals surface area contributed by atoms with E-state index in [2.05, 4.69) is 54.6 Å². The van der Waals surface area contributed by atoms with Crippen LogP contribution < -0.4 is 15.4 Å². The molecule has 4 nitrogen and oxygen atoms in total. The van der Waals surface area contributed by atoms with Crippen LogP contribution in [0.25, 0.3) is 0 Å². The van der Waals surface area contributed by atoms with E-state index in [0.717, 1.165) is 36.8 Å². The molecule has 0 amide bonds. The molecule has 0 radical (unpaired) electrons. The van der Waals surface area contributed by atoms with Gasteiger partial charge in [-0.2, -0.15) is 0 Å². The molecule has 0 aliphatic heterocycles. The summed E-state index contributed by atoms with van der Waals surface area (Å²) >= 11 is 0. The minimum Gasteiger partial charge on any atom is -0.491 e. The van der Waals surface area contributed by atoms with Gasteiger partial charge in [0.2, 0.25) is 0 Å². The molecule has 0 unspecified atom stereocenters. The molecule has 1 aromatic rings. The molecule has 22 heavy (non-hydrogen) atoms. The van der Waals surface area contributed by atoms with Gasteiger partial charge in [-0.3, -0.25) is 0 Å². The largest absolute Gasteiger partial charge is 0.491 e. The van der Waals surface area contributed by atoms with Gasteiger partial charge in [0.05, 0.1) is 12.6 Å². The Balaban J connectivity index is 0.00000441. The Morgan fingerprint density at radius 2 is 1.95 bits per heavy atom. The predicted octanol–water partition coefficient (Wildman–Crippen LogP) is 3.87. The fraction of sp³-hybridized carbons (Fsp3) is 0.588. The van der Waals surface area contributed by atoms with Crippen LogP contribution >= 0.6 is 24.0 Å². The second-order valence-electron chi connectivity index (χ2n) is 5.40. The van der Waals surface area contributed by atoms with Crippen molar-refractivity contribution >= 4 is 29.9 Å². The van der Waals surface area contributed by atoms with Gasteiger partial charge in [-0.25, -0.2) is 4.99 Å². The molecular formula is C17H30IN3O. The third-order valence-electron chi connectivity index (χ3n) is 2.88. The summed E-state index contributed by atoms with van der Waals surface area (Å²) in [5.41, 5.74) is 2.32. The number of nitrogens with one attached hydrogen (secondary N) is 2. The summed E-state index contributed by atoms with van der Waals surface area (Å²) in [6, 6.07) is 6.28. The number of ether oxygens (including phenoxy) is 1. The average molecular weight is 419 g/mol. The molecule has 0 atom stereocenters. The van der Waals surface area contributed by atoms with Gasteiger partial charge in [0.1, 0.15) is 5.75 Å². The van der Waals surface area contributed by atoms with Crippen molar-refractivity contribution in [1.82, 2.24) is 10.6 Å². The minimum atomic E-state index is 0. The first-order valence-electron chi connectivity index (χ1n) is 7.85. The molecule has 126 valence electrons. The first-order chi connectivity index (χ1) is 10.1. The maximum atomic E-state index is 5.89. The smallest absolute Gasteiger partial charge is 0.191 e. The summed E-state index contributed by atoms with van der Waals surface area (Å²) in [7, 11) is 0. The van der Waals surface area contributed by atoms with E-state index in [1.807, 2.05) is 13.8 Å². The predicted molar refractivity (Wildman–Crippen MR) is 105 cm³/mol. The monoisotopic (exact) mass is 419 g/mol. The highest BCUT2D eigenvalue weighted by Gasteiger charge is 2.06. The second-order valence-corrected chi connectivity index (χ2v) is 5.40. The highest BCUT2D eigenvalue weighted by Crippen LogP contribution is 2.22. The topological polar surface area (TPSA) is 45.7 Å². The fourth-order valence-corrected chi connectivity index (χ4v) is 1.91. The number of hydrogen-bond acceptors (Lipinski definition) is 2. The first kappa shape index (κ1) is 21.0. The van der Waals surface area contributed by atoms with E-state index in [1.54, 1.807) is 0 Å². The number of aryl methyl sites for hydroxylation is 1. The van der Waals surface area contributed by atoms with Gasteiger partial charge in [-0.05, 0) is 45.7 Å². The number of hydrogen-bond donors (Lipinski definition) is 2. The van der Waals surface area contributed by atoms with E-state index in [4.69, 9.17) is 4.74 Å². The Morgan fingerprint density at radius 1 is 1.23 bits per heavy atom. The third kappa shape index (κ3) is 7.87. The minimum absolute atomic E-state index is 0. The molecule has 0 bridgehead atoms. The summed E-state index contributed by atoms with van der Waals surface area (Å²) in [6.07, 6.45) is 1.25. The van der Waals surface area contributed by atoms with E-state index in [9.17, 15) is 0 Å². The highest BCUT2D eigenvalue weighted by atomic mass is 127. The first-order valence-corrected chi connectivity index (χ1v) is 7.85. The molecule has 5 heteroatoms. The Kier molecular flexibility index (Phi) is 11.1. The molecular weight excluding hydrogens is 389 g/mol. The van der Waals surface area contributed by atoms with Crippen LogP contribution in [0.3, 0.4) is 0 Å². The third-order valence-corrected chi connectivity index (χ3v) is 2.88. The average Bonchev–Trinajstić information content (AvgIpc) is 2.43. The summed E-state index contributed by atoms with van der Waals surface area (Å²) < 4.78 is 5.89. The van der Waals surface area contributed by atoms with Crippen molar-refractivity contribution in [3.8, 4) is 5.75 Å². The van der Waals surface area contributed by atoms with E-state index in [0.29, 0.717) is 6.54 Å². The van der Waals surface area contributed by atoms with Gasteiger partial charge in [-0.15, -0.1) is 24.0 Å². The van der Waals surface area contributed by atoms with Crippen molar-refractivity contribution < 1.29 is 4.74 Å². The number of rotatable bonds is 7. The van der Waals surface area contributed by atoms with Crippen LogP contribution in [0.4, 0.5) is 0 Å². The number of benzene rings is 1. The molecule has 1 aromatic carbocycles. The zero-order valence-electron chi connectivity index (χ0n) is 14.4. The molecule has 0 aliphatic carbocycles. The summed E-state index contributed by atoms with van der Waals surface area (Å²) in [6.45, 7) is 12.8. The molecule has 0 saturated carbocycles. The lowest BCUT2D eigenvalue weighted by Crippen LogP contribution is -2.37. The van der Waals surface area contributed by atoms with Crippen molar-refractivity contribution in [2.45, 2.75) is 53.7 Å². The number of halogens is 1. The second kappa shape index (κ2) is 11.6. The van der Waals surface area contributed by atoms with Crippen LogP contribution in [0.15, 0.2) is 23.2 Å². The van der Waals surface area contributed by atoms with Gasteiger partial charge in [-0.1, -0.05) is 19.1 Å². The van der Waals surface area contributed by atoms with Gasteiger partial charge in [0, 0.05) is 18.7 Å². The number of aliphatic imine (C=N–C) groups is 1. The van der Waals surface area contributed by atoms with E-state index in [1.165, 1.54) is 5.56 Å². The lowest BCUT2D eigenvalue weighted by molar-refractivity contribution is 0.240. The van der Waals surface area contributed by atoms with Gasteiger partial charge in [0.15, 0.2) is 5.96 Å². The Morgan fingerprint density at radius 3 is 2.55 bits per heavy atom. The maximum Gasteiger partial charge on any atom is 0.191 e. The molecule has 0 saturated heterocycles. The molecule has 0 fully saturated rings. The molecule has 1 rings (SSSR count). The molecule has 0 spiro atoms. The number of guanidine groups is 1. The highest BCUT2D eigenvalue weighted by molar-refractivity contribution is 14.0. The van der Waals surface area contributed by atoms with Gasteiger partial charge < -0.3 is 15.4 Å². The Bertz CT molecular complexity index is 461. The standard InChI is InChI=1S/C17H29N3O.HI/c1-6-10-19-17(18-7-2)20-12-15-9-8-14(5)11-16(15)21-13(3)4;/h8-9,11,13H,6-7,10,12H2,1-5H3,(H2,18,19,20);1H. The van der Waals surface area contributed by atoms with Crippen molar-refractivity contribution in [3.05, 3.63) is 29.3 Å². The van der Waals surface area contributed by atoms with Crippen molar-refractivity contribution in [1.29, 1.82) is 0 Å². The van der Waals surface area contributed by atoms with Crippen molar-refractivity contribution in [2.24, 2.45) is 4.99 Å². The van der Waals surface area contributed by atoms with E-state index < -0.39 is 0 Å². The lowest BCUT2D eigenvalue weighted by Gasteiger charge is -2.15. The van der Waals surface area contributed by atoms with Crippen molar-refractivity contribution in [3.63, 3.8) is 0 Å². The summed E-state index contributed by atoms with van der Waals surface area (Å²) in [5.74, 6) is 1.79. The molecule has 0 aliphatic rings. The zero-order chi connectivity index (χ0) is 15.7. The van der Waals surface area contributed by atoms with Crippen molar-refractivity contribution in [2.75, 3.05) is 13.1 Å². The van der Waals surface area contributed by atoms with Crippen LogP contribution in [-0.4, -0.2) is 25.2 Å². The van der Waals surface area contributed by atoms with Gasteiger partial charge in [0.25, 0.3) is 0 Å². The number of nitrogens with zero attached hydrogens (tertiary/aromatic N) is 1. The van der Waals surface area contributed by atoms with E-state index >= 15 is 0 Å². The quantitative estimate of drug-likeness (QED) is 0.401. The van der Waals surface area contributed by atoms with Crippen LogP contribution in [-0.2, 0) is 6.54 Å². The lowest BCUT2D eigenvalue weighted by atomic mass is 10.1. The van der Waals surface area contributed by atoms with Crippen LogP contribution in [0.5, 0.6) is 5.75 Å². The van der Waals surface area contributed by atoms with Crippen LogP contribution in [0.2, 0.25) is 0 Å². The molecule has 2 N–H and O–H groups in total. The molecule has 0 aromatic heterocycles. The Labute approximate surface area is 152 Å². The van der Waals surface area contributed by atoms with Crippen LogP contribution in [0, 0.1) is 6.92 Å². The zero-order valence-corrected chi connectivity index (χ0v) is 16.7. The summed E-state index contributed by atoms with van der Waals surface area (Å²) in [5, 5.41) is 6.57. The normalized spacial score (nSPS) is 11.1. The Hall–Kier alpha value is -0.980. The van der Waals surface area contributed by atoms with Crippen LogP contribution in [0.1, 0.15) is 45.2 Å².